The van der Waals surface area contributed by atoms with Gasteiger partial charge in [-0.15, -0.1) is 0 Å². The van der Waals surface area contributed by atoms with E-state index in [1.165, 1.54) is 10.4 Å². The number of carbonyl (C=O) groups excluding carboxylic acids is 1. The molecule has 4 rings (SSSR count). The molecule has 1 fully saturated rings. The van der Waals surface area contributed by atoms with Gasteiger partial charge in [-0.25, -0.2) is 17.8 Å². The Labute approximate surface area is 190 Å². The lowest BCUT2D eigenvalue weighted by atomic mass is 10.2. The largest absolute Gasteiger partial charge is 0.441 e. The molecule has 0 bridgehead atoms. The lowest BCUT2D eigenvalue weighted by Gasteiger charge is -2.34. The first-order valence-electron chi connectivity index (χ1n) is 10.1. The van der Waals surface area contributed by atoms with Crippen LogP contribution in [0.15, 0.2) is 64.0 Å². The van der Waals surface area contributed by atoms with Gasteiger partial charge >= 0.3 is 0 Å². The number of hydrogen-bond donors (Lipinski definition) is 0. The van der Waals surface area contributed by atoms with E-state index in [9.17, 15) is 17.6 Å². The van der Waals surface area contributed by atoms with Gasteiger partial charge in [0, 0.05) is 44.6 Å². The van der Waals surface area contributed by atoms with Crippen LogP contribution in [0.3, 0.4) is 0 Å². The smallest absolute Gasteiger partial charge is 0.243 e. The Morgan fingerprint density at radius 1 is 1.09 bits per heavy atom. The number of piperazine rings is 1. The quantitative estimate of drug-likeness (QED) is 0.541. The number of oxazole rings is 1. The van der Waals surface area contributed by atoms with Crippen molar-refractivity contribution in [1.82, 2.24) is 14.2 Å². The van der Waals surface area contributed by atoms with Crippen molar-refractivity contribution in [2.45, 2.75) is 17.7 Å². The van der Waals surface area contributed by atoms with Crippen LogP contribution in [0.2, 0.25) is 5.02 Å². The maximum absolute atomic E-state index is 13.4. The van der Waals surface area contributed by atoms with Crippen LogP contribution in [0.5, 0.6) is 0 Å². The summed E-state index contributed by atoms with van der Waals surface area (Å²) in [5, 5.41) is -0.248. The summed E-state index contributed by atoms with van der Waals surface area (Å²) in [6, 6.07) is 12.9. The molecule has 0 unspecified atom stereocenters. The number of rotatable bonds is 6. The van der Waals surface area contributed by atoms with Gasteiger partial charge in [-0.2, -0.15) is 4.31 Å². The fourth-order valence-corrected chi connectivity index (χ4v) is 5.19. The first kappa shape index (κ1) is 22.4. The highest BCUT2D eigenvalue weighted by Gasteiger charge is 2.30. The van der Waals surface area contributed by atoms with Crippen molar-refractivity contribution in [1.29, 1.82) is 0 Å². The van der Waals surface area contributed by atoms with Gasteiger partial charge < -0.3 is 9.32 Å². The number of carbonyl (C=O) groups is 1. The molecule has 1 saturated heterocycles. The Bertz CT molecular complexity index is 1210. The third-order valence-electron chi connectivity index (χ3n) is 5.28. The summed E-state index contributed by atoms with van der Waals surface area (Å²) in [5.74, 6) is 0.355. The normalized spacial score (nSPS) is 15.1. The molecule has 0 radical (unpaired) electrons. The number of nitrogens with zero attached hydrogens (tertiary/aromatic N) is 3. The van der Waals surface area contributed by atoms with Gasteiger partial charge in [-0.05, 0) is 18.2 Å². The number of hydrogen-bond acceptors (Lipinski definition) is 5. The van der Waals surface area contributed by atoms with Crippen molar-refractivity contribution in [2.24, 2.45) is 0 Å². The van der Waals surface area contributed by atoms with Crippen LogP contribution in [0.25, 0.3) is 11.3 Å². The van der Waals surface area contributed by atoms with E-state index in [-0.39, 0.29) is 48.4 Å². The standard InChI is InChI=1S/C22H21ClFN3O4S/c23-18-14-17(6-7-19(18)24)32(29,30)27-12-10-26(11-13-27)22(28)9-8-21-25-15-20(31-21)16-4-2-1-3-5-16/h1-7,14-15H,8-13H2. The van der Waals surface area contributed by atoms with Gasteiger partial charge in [0.15, 0.2) is 11.7 Å². The minimum absolute atomic E-state index is 0.0678. The molecule has 2 heterocycles. The summed E-state index contributed by atoms with van der Waals surface area (Å²) in [6.45, 7) is 0.849. The molecule has 10 heteroatoms. The zero-order valence-electron chi connectivity index (χ0n) is 17.1. The fourth-order valence-electron chi connectivity index (χ4n) is 3.50. The van der Waals surface area contributed by atoms with E-state index in [4.69, 9.17) is 16.0 Å². The van der Waals surface area contributed by atoms with Crippen molar-refractivity contribution >= 4 is 27.5 Å². The molecular formula is C22H21ClFN3O4S. The van der Waals surface area contributed by atoms with Crippen LogP contribution >= 0.6 is 11.6 Å². The van der Waals surface area contributed by atoms with Crippen LogP contribution in [0.4, 0.5) is 4.39 Å². The number of aromatic nitrogens is 1. The number of amides is 1. The molecule has 7 nitrogen and oxygen atoms in total. The molecule has 1 aliphatic heterocycles. The molecule has 1 aliphatic rings. The summed E-state index contributed by atoms with van der Waals surface area (Å²) < 4.78 is 45.9. The zero-order chi connectivity index (χ0) is 22.7. The molecule has 1 aromatic heterocycles. The Morgan fingerprint density at radius 2 is 1.81 bits per heavy atom. The average molecular weight is 478 g/mol. The summed E-state index contributed by atoms with van der Waals surface area (Å²) >= 11 is 5.72. The summed E-state index contributed by atoms with van der Waals surface area (Å²) in [4.78, 5) is 18.4. The van der Waals surface area contributed by atoms with Gasteiger partial charge in [-0.3, -0.25) is 4.79 Å². The second kappa shape index (κ2) is 9.40. The molecule has 32 heavy (non-hydrogen) atoms. The third-order valence-corrected chi connectivity index (χ3v) is 7.47. The highest BCUT2D eigenvalue weighted by molar-refractivity contribution is 7.89. The van der Waals surface area contributed by atoms with Crippen molar-refractivity contribution in [2.75, 3.05) is 26.2 Å². The minimum atomic E-state index is -3.81. The Hall–Kier alpha value is -2.75. The number of benzene rings is 2. The summed E-state index contributed by atoms with van der Waals surface area (Å²) in [6.07, 6.45) is 2.22. The van der Waals surface area contributed by atoms with Crippen molar-refractivity contribution < 1.29 is 22.0 Å². The average Bonchev–Trinajstić information content (AvgIpc) is 3.29. The van der Waals surface area contributed by atoms with Crippen molar-refractivity contribution in [3.63, 3.8) is 0 Å². The highest BCUT2D eigenvalue weighted by Crippen LogP contribution is 2.24. The monoisotopic (exact) mass is 477 g/mol. The number of halogens is 2. The number of aryl methyl sites for hydroxylation is 1. The molecule has 168 valence electrons. The van der Waals surface area contributed by atoms with Crippen LogP contribution in [0.1, 0.15) is 12.3 Å². The predicted octanol–water partition coefficient (Wildman–Crippen LogP) is 3.60. The first-order valence-corrected chi connectivity index (χ1v) is 11.9. The molecule has 0 saturated carbocycles. The van der Waals surface area contributed by atoms with Crippen LogP contribution in [-0.4, -0.2) is 54.7 Å². The first-order chi connectivity index (χ1) is 15.3. The second-order valence-electron chi connectivity index (χ2n) is 7.35. The molecule has 1 amide bonds. The van der Waals surface area contributed by atoms with E-state index in [0.717, 1.165) is 17.7 Å². The fraction of sp³-hybridized carbons (Fsp3) is 0.273. The molecular weight excluding hydrogens is 457 g/mol. The summed E-state index contributed by atoms with van der Waals surface area (Å²) in [5.41, 5.74) is 0.914. The van der Waals surface area contributed by atoms with Gasteiger partial charge in [-0.1, -0.05) is 41.9 Å². The van der Waals surface area contributed by atoms with Gasteiger partial charge in [0.1, 0.15) is 5.82 Å². The van der Waals surface area contributed by atoms with Gasteiger partial charge in [0.05, 0.1) is 16.1 Å². The maximum Gasteiger partial charge on any atom is 0.243 e. The summed E-state index contributed by atoms with van der Waals surface area (Å²) in [7, 11) is -3.81. The van der Waals surface area contributed by atoms with Crippen LogP contribution in [0, 0.1) is 5.82 Å². The van der Waals surface area contributed by atoms with Gasteiger partial charge in [0.25, 0.3) is 0 Å². The Kier molecular flexibility index (Phi) is 6.59. The van der Waals surface area contributed by atoms with Crippen LogP contribution < -0.4 is 0 Å². The predicted molar refractivity (Wildman–Crippen MR) is 117 cm³/mol. The lowest BCUT2D eigenvalue weighted by molar-refractivity contribution is -0.132. The van der Waals surface area contributed by atoms with E-state index >= 15 is 0 Å². The Balaban J connectivity index is 1.31. The third kappa shape index (κ3) is 4.85. The van der Waals surface area contributed by atoms with Gasteiger partial charge in [0.2, 0.25) is 15.9 Å². The topological polar surface area (TPSA) is 83.7 Å². The minimum Gasteiger partial charge on any atom is -0.441 e. The SMILES string of the molecule is O=C(CCc1ncc(-c2ccccc2)o1)N1CCN(S(=O)(=O)c2ccc(F)c(Cl)c2)CC1. The van der Waals surface area contributed by atoms with E-state index in [0.29, 0.717) is 18.1 Å². The molecule has 0 atom stereocenters. The maximum atomic E-state index is 13.4. The Morgan fingerprint density at radius 3 is 2.50 bits per heavy atom. The molecule has 0 N–H and O–H groups in total. The van der Waals surface area contributed by atoms with Crippen LogP contribution in [-0.2, 0) is 21.2 Å². The molecule has 2 aromatic carbocycles. The van der Waals surface area contributed by atoms with E-state index < -0.39 is 15.8 Å². The molecule has 0 spiro atoms. The van der Waals surface area contributed by atoms with E-state index in [2.05, 4.69) is 4.98 Å². The molecule has 3 aromatic rings. The van der Waals surface area contributed by atoms with Crippen molar-refractivity contribution in [3.05, 3.63) is 71.5 Å². The second-order valence-corrected chi connectivity index (χ2v) is 9.69. The highest BCUT2D eigenvalue weighted by atomic mass is 35.5. The lowest BCUT2D eigenvalue weighted by Crippen LogP contribution is -2.50. The van der Waals surface area contributed by atoms with E-state index in [1.54, 1.807) is 11.1 Å². The van der Waals surface area contributed by atoms with Crippen molar-refractivity contribution in [3.8, 4) is 11.3 Å². The molecule has 0 aliphatic carbocycles. The van der Waals surface area contributed by atoms with E-state index in [1.807, 2.05) is 30.3 Å². The number of sulfonamides is 1. The zero-order valence-corrected chi connectivity index (χ0v) is 18.7.